The zero-order chi connectivity index (χ0) is 26.9. The third kappa shape index (κ3) is 5.97. The molecule has 1 fully saturated rings. The van der Waals surface area contributed by atoms with Gasteiger partial charge in [-0.3, -0.25) is 19.7 Å². The maximum Gasteiger partial charge on any atom is 0.419 e. The first-order valence-corrected chi connectivity index (χ1v) is 11.4. The lowest BCUT2D eigenvalue weighted by Crippen LogP contribution is -2.48. The van der Waals surface area contributed by atoms with E-state index >= 15 is 0 Å². The van der Waals surface area contributed by atoms with Crippen LogP contribution in [0.3, 0.4) is 0 Å². The minimum atomic E-state index is -4.95. The highest BCUT2D eigenvalue weighted by molar-refractivity contribution is 6.13. The highest BCUT2D eigenvalue weighted by Gasteiger charge is 2.34. The highest BCUT2D eigenvalue weighted by atomic mass is 35.5. The summed E-state index contributed by atoms with van der Waals surface area (Å²) >= 11 is 0. The maximum atomic E-state index is 13.5. The Morgan fingerprint density at radius 2 is 1.84 bits per heavy atom. The number of imide groups is 1. The summed E-state index contributed by atoms with van der Waals surface area (Å²) in [4.78, 5) is 34.0. The van der Waals surface area contributed by atoms with Crippen LogP contribution in [0.25, 0.3) is 11.0 Å². The molecule has 10 nitrogen and oxygen atoms in total. The molecule has 0 bridgehead atoms. The van der Waals surface area contributed by atoms with Crippen molar-refractivity contribution in [1.82, 2.24) is 25.0 Å². The van der Waals surface area contributed by atoms with E-state index in [0.717, 1.165) is 6.07 Å². The second kappa shape index (κ2) is 11.5. The van der Waals surface area contributed by atoms with Crippen molar-refractivity contribution in [2.45, 2.75) is 13.1 Å². The molecule has 0 saturated carbocycles. The van der Waals surface area contributed by atoms with Crippen LogP contribution in [-0.2, 0) is 13.2 Å². The van der Waals surface area contributed by atoms with Gasteiger partial charge in [-0.25, -0.2) is 14.2 Å². The molecule has 1 aromatic carbocycles. The van der Waals surface area contributed by atoms with Gasteiger partial charge in [0.2, 0.25) is 0 Å². The van der Waals surface area contributed by atoms with Gasteiger partial charge in [-0.2, -0.15) is 18.3 Å². The summed E-state index contributed by atoms with van der Waals surface area (Å²) in [6, 6.07) is 0.895. The number of nitrogens with zero attached hydrogens (tertiary/aromatic N) is 5. The number of aliphatic hydroxyl groups excluding tert-OH is 1. The van der Waals surface area contributed by atoms with Gasteiger partial charge in [0.05, 0.1) is 34.5 Å². The summed E-state index contributed by atoms with van der Waals surface area (Å²) in [7, 11) is 1.72. The van der Waals surface area contributed by atoms with E-state index in [4.69, 9.17) is 0 Å². The molecule has 3 amide bonds. The van der Waals surface area contributed by atoms with Gasteiger partial charge in [0.25, 0.3) is 5.91 Å². The van der Waals surface area contributed by atoms with E-state index in [1.807, 2.05) is 4.90 Å². The molecule has 2 aromatic heterocycles. The molecule has 0 unspecified atom stereocenters. The number of rotatable bonds is 5. The number of hydrogen-bond acceptors (Lipinski definition) is 7. The van der Waals surface area contributed by atoms with E-state index in [9.17, 15) is 32.3 Å². The van der Waals surface area contributed by atoms with Crippen molar-refractivity contribution in [3.8, 4) is 0 Å². The molecule has 0 spiro atoms. The molecule has 0 atom stereocenters. The number of aliphatic hydroxyl groups is 1. The standard InChI is InChI=1S/C23H25F4N7O3.ClH/c1-13-18-19(34-7-5-33(6-8-34)9-10-35)15(12-28-20(18)32(2)31-13)21(36)30-22(37)29-14-3-4-17(24)16(11-14)23(25,26)27;/h3-4,11-12,35H,5-10H2,1-2H3,(H2,29,30,36,37);1H. The quantitative estimate of drug-likeness (QED) is 0.412. The number of benzene rings is 1. The van der Waals surface area contributed by atoms with Crippen molar-refractivity contribution < 1.29 is 32.3 Å². The molecule has 3 heterocycles. The van der Waals surface area contributed by atoms with Crippen LogP contribution < -0.4 is 15.5 Å². The largest absolute Gasteiger partial charge is 0.419 e. The van der Waals surface area contributed by atoms with Gasteiger partial charge >= 0.3 is 12.2 Å². The average Bonchev–Trinajstić information content (AvgIpc) is 3.13. The SMILES string of the molecule is Cc1nn(C)c2ncc(C(=O)NC(=O)Nc3ccc(F)c(C(F)(F)F)c3)c(N3CCN(CCO)CC3)c12.Cl. The minimum absolute atomic E-state index is 0. The molecular weight excluding hydrogens is 534 g/mol. The number of β-amino-alcohol motifs (C(OH)–C–C–N with tert-alkyl or cyclic N) is 1. The Kier molecular flexibility index (Phi) is 8.79. The molecule has 3 N–H and O–H groups in total. The van der Waals surface area contributed by atoms with E-state index in [2.05, 4.69) is 25.6 Å². The summed E-state index contributed by atoms with van der Waals surface area (Å²) in [6.45, 7) is 4.68. The van der Waals surface area contributed by atoms with Crippen LogP contribution in [0.1, 0.15) is 21.6 Å². The number of alkyl halides is 3. The minimum Gasteiger partial charge on any atom is -0.395 e. The molecule has 38 heavy (non-hydrogen) atoms. The van der Waals surface area contributed by atoms with Crippen LogP contribution in [0.15, 0.2) is 24.4 Å². The molecule has 0 aliphatic carbocycles. The molecule has 206 valence electrons. The van der Waals surface area contributed by atoms with Gasteiger partial charge in [-0.05, 0) is 25.1 Å². The van der Waals surface area contributed by atoms with Crippen LogP contribution in [0.5, 0.6) is 0 Å². The zero-order valence-electron chi connectivity index (χ0n) is 20.5. The normalized spacial score (nSPS) is 14.3. The van der Waals surface area contributed by atoms with Crippen molar-refractivity contribution in [2.24, 2.45) is 7.05 Å². The van der Waals surface area contributed by atoms with Gasteiger partial charge < -0.3 is 15.3 Å². The van der Waals surface area contributed by atoms with Crippen LogP contribution in [0, 0.1) is 12.7 Å². The Labute approximate surface area is 221 Å². The predicted octanol–water partition coefficient (Wildman–Crippen LogP) is 2.93. The molecule has 1 aliphatic rings. The van der Waals surface area contributed by atoms with E-state index in [-0.39, 0.29) is 30.3 Å². The van der Waals surface area contributed by atoms with Crippen LogP contribution >= 0.6 is 12.4 Å². The van der Waals surface area contributed by atoms with Gasteiger partial charge in [-0.15, -0.1) is 12.4 Å². The molecular formula is C23H26ClF4N7O3. The first-order chi connectivity index (χ1) is 17.5. The lowest BCUT2D eigenvalue weighted by atomic mass is 10.1. The Morgan fingerprint density at radius 3 is 2.47 bits per heavy atom. The number of aromatic nitrogens is 3. The molecule has 0 radical (unpaired) electrons. The van der Waals surface area contributed by atoms with Crippen molar-refractivity contribution in [3.63, 3.8) is 0 Å². The number of halogens is 5. The Bertz CT molecular complexity index is 1340. The summed E-state index contributed by atoms with van der Waals surface area (Å²) < 4.78 is 54.1. The molecule has 1 saturated heterocycles. The number of piperazine rings is 1. The van der Waals surface area contributed by atoms with Gasteiger partial charge in [0.1, 0.15) is 5.82 Å². The van der Waals surface area contributed by atoms with Crippen molar-refractivity contribution in [2.75, 3.05) is 49.5 Å². The van der Waals surface area contributed by atoms with Crippen molar-refractivity contribution >= 4 is 46.8 Å². The summed E-state index contributed by atoms with van der Waals surface area (Å²) in [5, 5.41) is 18.5. The molecule has 15 heteroatoms. The smallest absolute Gasteiger partial charge is 0.395 e. The first kappa shape index (κ1) is 29.1. The molecule has 4 rings (SSSR count). The first-order valence-electron chi connectivity index (χ1n) is 11.4. The number of fused-ring (bicyclic) bond motifs is 1. The van der Waals surface area contributed by atoms with E-state index < -0.39 is 29.5 Å². The third-order valence-corrected chi connectivity index (χ3v) is 6.11. The lowest BCUT2D eigenvalue weighted by molar-refractivity contribution is -0.139. The monoisotopic (exact) mass is 559 g/mol. The fraction of sp³-hybridized carbons (Fsp3) is 0.391. The maximum absolute atomic E-state index is 13.5. The second-order valence-electron chi connectivity index (χ2n) is 8.58. The number of urea groups is 1. The summed E-state index contributed by atoms with van der Waals surface area (Å²) in [5.41, 5.74) is -0.0906. The Balaban J connectivity index is 0.00000400. The van der Waals surface area contributed by atoms with E-state index in [1.54, 1.807) is 18.7 Å². The number of nitrogens with one attached hydrogen (secondary N) is 2. The fourth-order valence-corrected chi connectivity index (χ4v) is 4.38. The predicted molar refractivity (Wildman–Crippen MR) is 134 cm³/mol. The number of carbonyl (C=O) groups excluding carboxylic acids is 2. The number of aryl methyl sites for hydroxylation is 2. The number of carbonyl (C=O) groups is 2. The van der Waals surface area contributed by atoms with Crippen molar-refractivity contribution in [3.05, 3.63) is 47.0 Å². The van der Waals surface area contributed by atoms with Gasteiger partial charge in [-0.1, -0.05) is 0 Å². The van der Waals surface area contributed by atoms with Gasteiger partial charge in [0, 0.05) is 51.7 Å². The summed E-state index contributed by atoms with van der Waals surface area (Å²) in [6.07, 6.45) is -3.63. The van der Waals surface area contributed by atoms with Gasteiger partial charge in [0.15, 0.2) is 5.65 Å². The fourth-order valence-electron chi connectivity index (χ4n) is 4.38. The number of hydrogen-bond donors (Lipinski definition) is 3. The number of pyridine rings is 1. The number of anilines is 2. The third-order valence-electron chi connectivity index (χ3n) is 6.11. The lowest BCUT2D eigenvalue weighted by Gasteiger charge is -2.36. The summed E-state index contributed by atoms with van der Waals surface area (Å²) in [5.74, 6) is -2.30. The Morgan fingerprint density at radius 1 is 1.16 bits per heavy atom. The number of amides is 3. The van der Waals surface area contributed by atoms with Crippen LogP contribution in [-0.4, -0.2) is 76.0 Å². The van der Waals surface area contributed by atoms with Crippen LogP contribution in [0.2, 0.25) is 0 Å². The second-order valence-corrected chi connectivity index (χ2v) is 8.58. The van der Waals surface area contributed by atoms with E-state index in [0.29, 0.717) is 67.3 Å². The topological polar surface area (TPSA) is 116 Å². The molecule has 3 aromatic rings. The average molecular weight is 560 g/mol. The molecule has 1 aliphatic heterocycles. The van der Waals surface area contributed by atoms with Crippen molar-refractivity contribution in [1.29, 1.82) is 0 Å². The Hall–Kier alpha value is -3.49. The van der Waals surface area contributed by atoms with E-state index in [1.165, 1.54) is 6.20 Å². The zero-order valence-corrected chi connectivity index (χ0v) is 21.3. The van der Waals surface area contributed by atoms with Crippen LogP contribution in [0.4, 0.5) is 33.7 Å². The highest BCUT2D eigenvalue weighted by Crippen LogP contribution is 2.34.